The van der Waals surface area contributed by atoms with Gasteiger partial charge in [0.2, 0.25) is 11.8 Å². The Kier molecular flexibility index (Phi) is 7.25. The van der Waals surface area contributed by atoms with Crippen molar-refractivity contribution in [3.8, 4) is 0 Å². The molecule has 170 valence electrons. The van der Waals surface area contributed by atoms with Crippen LogP contribution in [0.15, 0.2) is 5.51 Å². The smallest absolute Gasteiger partial charge is 0.266 e. The van der Waals surface area contributed by atoms with Crippen LogP contribution in [0.4, 0.5) is 0 Å². The number of carbonyl (C=O) groups is 3. The van der Waals surface area contributed by atoms with Crippen molar-refractivity contribution in [2.45, 2.75) is 70.8 Å². The Bertz CT molecular complexity index is 802. The number of aromatic nitrogens is 1. The van der Waals surface area contributed by atoms with E-state index in [4.69, 9.17) is 0 Å². The third-order valence-corrected chi connectivity index (χ3v) is 8.10. The van der Waals surface area contributed by atoms with Crippen LogP contribution in [0.2, 0.25) is 0 Å². The van der Waals surface area contributed by atoms with Gasteiger partial charge in [0, 0.05) is 38.6 Å². The lowest BCUT2D eigenvalue weighted by Gasteiger charge is -2.43. The summed E-state index contributed by atoms with van der Waals surface area (Å²) in [7, 11) is 0. The first-order valence-electron chi connectivity index (χ1n) is 11.8. The average molecular weight is 447 g/mol. The highest BCUT2D eigenvalue weighted by Gasteiger charge is 2.37. The van der Waals surface area contributed by atoms with Gasteiger partial charge in [-0.25, -0.2) is 4.98 Å². The first kappa shape index (κ1) is 22.2. The van der Waals surface area contributed by atoms with Crippen molar-refractivity contribution in [1.29, 1.82) is 0 Å². The van der Waals surface area contributed by atoms with Crippen molar-refractivity contribution < 1.29 is 14.4 Å². The first-order valence-corrected chi connectivity index (χ1v) is 12.7. The molecule has 0 spiro atoms. The second-order valence-electron chi connectivity index (χ2n) is 9.17. The molecule has 0 N–H and O–H groups in total. The number of thiazole rings is 1. The van der Waals surface area contributed by atoms with Gasteiger partial charge in [0.1, 0.15) is 4.88 Å². The number of hydrogen-bond acceptors (Lipinski definition) is 5. The lowest BCUT2D eigenvalue weighted by atomic mass is 9.83. The topological polar surface area (TPSA) is 73.8 Å². The maximum absolute atomic E-state index is 13.2. The van der Waals surface area contributed by atoms with Gasteiger partial charge in [-0.05, 0) is 57.8 Å². The predicted octanol–water partition coefficient (Wildman–Crippen LogP) is 3.09. The van der Waals surface area contributed by atoms with Gasteiger partial charge in [-0.3, -0.25) is 14.4 Å². The van der Waals surface area contributed by atoms with Gasteiger partial charge in [-0.2, -0.15) is 0 Å². The zero-order valence-electron chi connectivity index (χ0n) is 18.6. The minimum absolute atomic E-state index is 0.0746. The van der Waals surface area contributed by atoms with Crippen LogP contribution in [0.3, 0.4) is 0 Å². The Morgan fingerprint density at radius 2 is 1.81 bits per heavy atom. The Balaban J connectivity index is 1.33. The zero-order chi connectivity index (χ0) is 21.8. The number of carbonyl (C=O) groups excluding carboxylic acids is 3. The number of aryl methyl sites for hydroxylation is 1. The zero-order valence-corrected chi connectivity index (χ0v) is 19.4. The van der Waals surface area contributed by atoms with E-state index in [2.05, 4.69) is 9.88 Å². The molecule has 1 atom stereocenters. The standard InChI is InChI=1S/C23H34N4O3S/c1-17-22(31-16-24-17)23(30)27-12-6-4-7-19(27)18-9-13-25(14-10-18)21(29)15-26-11-5-2-3-8-20(26)28/h16,18-19H,2-15H2,1H3. The van der Waals surface area contributed by atoms with E-state index in [1.165, 1.54) is 11.3 Å². The number of rotatable bonds is 4. The van der Waals surface area contributed by atoms with E-state index in [1.54, 1.807) is 10.4 Å². The summed E-state index contributed by atoms with van der Waals surface area (Å²) in [6, 6.07) is 0.257. The van der Waals surface area contributed by atoms with Crippen LogP contribution < -0.4 is 0 Å². The third kappa shape index (κ3) is 5.10. The molecular formula is C23H34N4O3S. The van der Waals surface area contributed by atoms with Crippen molar-refractivity contribution in [2.24, 2.45) is 5.92 Å². The van der Waals surface area contributed by atoms with Crippen molar-refractivity contribution in [3.63, 3.8) is 0 Å². The quantitative estimate of drug-likeness (QED) is 0.712. The molecule has 3 amide bonds. The molecule has 3 aliphatic heterocycles. The summed E-state index contributed by atoms with van der Waals surface area (Å²) in [5.41, 5.74) is 2.57. The van der Waals surface area contributed by atoms with E-state index in [0.717, 1.165) is 81.6 Å². The van der Waals surface area contributed by atoms with Gasteiger partial charge in [0.15, 0.2) is 0 Å². The molecule has 31 heavy (non-hydrogen) atoms. The van der Waals surface area contributed by atoms with Crippen LogP contribution in [0.1, 0.15) is 73.2 Å². The van der Waals surface area contributed by atoms with Gasteiger partial charge in [0.25, 0.3) is 5.91 Å². The summed E-state index contributed by atoms with van der Waals surface area (Å²) in [6.07, 6.45) is 8.68. The molecule has 3 saturated heterocycles. The molecule has 0 radical (unpaired) electrons. The van der Waals surface area contributed by atoms with Crippen LogP contribution in [-0.4, -0.2) is 76.2 Å². The molecule has 4 rings (SSSR count). The molecule has 4 heterocycles. The summed E-state index contributed by atoms with van der Waals surface area (Å²) < 4.78 is 0. The van der Waals surface area contributed by atoms with Crippen molar-refractivity contribution in [1.82, 2.24) is 19.7 Å². The maximum Gasteiger partial charge on any atom is 0.266 e. The summed E-state index contributed by atoms with van der Waals surface area (Å²) in [4.78, 5) is 49.0. The maximum atomic E-state index is 13.2. The van der Waals surface area contributed by atoms with Gasteiger partial charge in [-0.1, -0.05) is 6.42 Å². The van der Waals surface area contributed by atoms with E-state index in [0.29, 0.717) is 18.9 Å². The van der Waals surface area contributed by atoms with E-state index < -0.39 is 0 Å². The van der Waals surface area contributed by atoms with Crippen LogP contribution >= 0.6 is 11.3 Å². The molecule has 8 heteroatoms. The Hall–Kier alpha value is -1.96. The van der Waals surface area contributed by atoms with Crippen molar-refractivity contribution in [2.75, 3.05) is 32.7 Å². The van der Waals surface area contributed by atoms with E-state index in [-0.39, 0.29) is 30.3 Å². The molecule has 0 aliphatic carbocycles. The number of nitrogens with zero attached hydrogens (tertiary/aromatic N) is 4. The number of likely N-dealkylation sites (tertiary alicyclic amines) is 3. The molecule has 7 nitrogen and oxygen atoms in total. The molecule has 0 bridgehead atoms. The second kappa shape index (κ2) is 10.1. The summed E-state index contributed by atoms with van der Waals surface area (Å²) >= 11 is 1.44. The molecule has 1 unspecified atom stereocenters. The molecule has 1 aromatic rings. The van der Waals surface area contributed by atoms with Crippen LogP contribution in [0, 0.1) is 12.8 Å². The number of amides is 3. The lowest BCUT2D eigenvalue weighted by molar-refractivity contribution is -0.141. The van der Waals surface area contributed by atoms with Crippen LogP contribution in [-0.2, 0) is 9.59 Å². The van der Waals surface area contributed by atoms with E-state index in [1.807, 2.05) is 11.8 Å². The van der Waals surface area contributed by atoms with Gasteiger partial charge in [0.05, 0.1) is 17.7 Å². The molecule has 0 saturated carbocycles. The van der Waals surface area contributed by atoms with Crippen LogP contribution in [0.25, 0.3) is 0 Å². The minimum Gasteiger partial charge on any atom is -0.341 e. The monoisotopic (exact) mass is 446 g/mol. The fraction of sp³-hybridized carbons (Fsp3) is 0.739. The first-order chi connectivity index (χ1) is 15.0. The molecule has 3 aliphatic rings. The minimum atomic E-state index is 0.0746. The van der Waals surface area contributed by atoms with Crippen molar-refractivity contribution in [3.05, 3.63) is 16.1 Å². The highest BCUT2D eigenvalue weighted by Crippen LogP contribution is 2.32. The summed E-state index contributed by atoms with van der Waals surface area (Å²) in [5.74, 6) is 0.755. The second-order valence-corrected chi connectivity index (χ2v) is 10.0. The molecular weight excluding hydrogens is 412 g/mol. The molecule has 1 aromatic heterocycles. The summed E-state index contributed by atoms with van der Waals surface area (Å²) in [5, 5.41) is 0. The molecule has 0 aromatic carbocycles. The van der Waals surface area contributed by atoms with E-state index >= 15 is 0 Å². The van der Waals surface area contributed by atoms with Crippen LogP contribution in [0.5, 0.6) is 0 Å². The Labute approximate surface area is 188 Å². The highest BCUT2D eigenvalue weighted by molar-refractivity contribution is 7.11. The largest absolute Gasteiger partial charge is 0.341 e. The fourth-order valence-electron chi connectivity index (χ4n) is 5.34. The highest BCUT2D eigenvalue weighted by atomic mass is 32.1. The predicted molar refractivity (Wildman–Crippen MR) is 120 cm³/mol. The lowest BCUT2D eigenvalue weighted by Crippen LogP contribution is -2.52. The Morgan fingerprint density at radius 1 is 1.03 bits per heavy atom. The van der Waals surface area contributed by atoms with E-state index in [9.17, 15) is 14.4 Å². The number of hydrogen-bond donors (Lipinski definition) is 0. The van der Waals surface area contributed by atoms with Gasteiger partial charge >= 0.3 is 0 Å². The normalized spacial score (nSPS) is 23.7. The number of piperidine rings is 2. The Morgan fingerprint density at radius 3 is 2.55 bits per heavy atom. The van der Waals surface area contributed by atoms with Gasteiger partial charge in [-0.15, -0.1) is 11.3 Å². The SMILES string of the molecule is Cc1ncsc1C(=O)N1CCCCC1C1CCN(C(=O)CN2CCCCCC2=O)CC1. The molecule has 3 fully saturated rings. The fourth-order valence-corrected chi connectivity index (χ4v) is 6.10. The summed E-state index contributed by atoms with van der Waals surface area (Å²) in [6.45, 7) is 5.10. The van der Waals surface area contributed by atoms with Gasteiger partial charge < -0.3 is 14.7 Å². The average Bonchev–Trinajstić information content (AvgIpc) is 3.12. The van der Waals surface area contributed by atoms with Crippen molar-refractivity contribution >= 4 is 29.1 Å². The third-order valence-electron chi connectivity index (χ3n) is 7.18.